The fourth-order valence-corrected chi connectivity index (χ4v) is 7.53. The normalized spacial score (nSPS) is 24.2. The minimum atomic E-state index is -3.90. The van der Waals surface area contributed by atoms with Crippen LogP contribution in [-0.4, -0.2) is 103 Å². The van der Waals surface area contributed by atoms with Crippen LogP contribution in [0.3, 0.4) is 0 Å². The number of carbonyl (C=O) groups is 4. The van der Waals surface area contributed by atoms with E-state index in [-0.39, 0.29) is 25.3 Å². The Morgan fingerprint density at radius 2 is 1.90 bits per heavy atom. The number of ether oxygens (including phenoxy) is 3. The van der Waals surface area contributed by atoms with Crippen molar-refractivity contribution in [2.24, 2.45) is 5.92 Å². The number of nitrogens with one attached hydrogen (secondary N) is 4. The Morgan fingerprint density at radius 3 is 2.51 bits per heavy atom. The smallest absolute Gasteiger partial charge is 0.315 e. The van der Waals surface area contributed by atoms with Gasteiger partial charge in [0.1, 0.15) is 29.5 Å². The third-order valence-electron chi connectivity index (χ3n) is 10.0. The van der Waals surface area contributed by atoms with Gasteiger partial charge in [-0.3, -0.25) is 19.1 Å². The Kier molecular flexibility index (Phi) is 10.9. The van der Waals surface area contributed by atoms with Crippen LogP contribution in [0.1, 0.15) is 59.8 Å². The molecule has 2 aromatic rings. The zero-order valence-corrected chi connectivity index (χ0v) is 30.7. The summed E-state index contributed by atoms with van der Waals surface area (Å²) in [5.74, 6) is -1.75. The standard InChI is InChI=1S/C35H48N6O9S/c1-8-22-18-35(22,32(44)40-51(46,47)25-11-12-25)38-29(42)27-17-24(50-30-26-13-10-23(49-7)16-21(26)14-15-36-30)19-41(27)31(43)28(20(3)48-6)37-33(45)39-34(4,5)9-2/h8,10,13-16,20,22,24-25,27-28H,1,9,11-12,17-19H2,2-7H3,(H,38,42)(H,40,44)(H2,37,39,45). The first-order chi connectivity index (χ1) is 24.1. The predicted octanol–water partition coefficient (Wildman–Crippen LogP) is 2.15. The Morgan fingerprint density at radius 1 is 1.18 bits per heavy atom. The maximum atomic E-state index is 14.4. The van der Waals surface area contributed by atoms with Gasteiger partial charge in [0.15, 0.2) is 0 Å². The molecule has 1 aliphatic heterocycles. The zero-order chi connectivity index (χ0) is 37.3. The minimum absolute atomic E-state index is 0.00572. The average Bonchev–Trinajstić information content (AvgIpc) is 4.03. The zero-order valence-electron chi connectivity index (χ0n) is 29.9. The molecule has 15 nitrogen and oxygen atoms in total. The van der Waals surface area contributed by atoms with E-state index >= 15 is 0 Å². The topological polar surface area (TPSA) is 194 Å². The van der Waals surface area contributed by atoms with Crippen LogP contribution >= 0.6 is 0 Å². The lowest BCUT2D eigenvalue weighted by atomic mass is 10.0. The molecule has 4 N–H and O–H groups in total. The van der Waals surface area contributed by atoms with Gasteiger partial charge in [-0.15, -0.1) is 6.58 Å². The van der Waals surface area contributed by atoms with Gasteiger partial charge in [0.05, 0.1) is 25.0 Å². The highest BCUT2D eigenvalue weighted by Crippen LogP contribution is 2.45. The van der Waals surface area contributed by atoms with E-state index in [1.54, 1.807) is 38.4 Å². The number of hydrogen-bond acceptors (Lipinski definition) is 10. The third kappa shape index (κ3) is 8.22. The Balaban J connectivity index is 1.43. The number of carbonyl (C=O) groups excluding carboxylic acids is 4. The second-order valence-electron chi connectivity index (χ2n) is 14.1. The van der Waals surface area contributed by atoms with Gasteiger partial charge in [0, 0.05) is 36.6 Å². The number of urea groups is 1. The van der Waals surface area contributed by atoms with Crippen molar-refractivity contribution in [1.29, 1.82) is 0 Å². The molecule has 0 spiro atoms. The summed E-state index contributed by atoms with van der Waals surface area (Å²) in [5, 5.41) is 9.19. The molecule has 51 heavy (non-hydrogen) atoms. The molecule has 1 aromatic heterocycles. The number of sulfonamides is 1. The van der Waals surface area contributed by atoms with E-state index in [2.05, 4.69) is 32.2 Å². The molecule has 3 aliphatic rings. The lowest BCUT2D eigenvalue weighted by Gasteiger charge is -2.33. The summed E-state index contributed by atoms with van der Waals surface area (Å²) < 4.78 is 44.7. The van der Waals surface area contributed by atoms with Crippen molar-refractivity contribution >= 4 is 44.5 Å². The molecule has 16 heteroatoms. The van der Waals surface area contributed by atoms with Crippen LogP contribution in [0.15, 0.2) is 43.1 Å². The molecule has 2 heterocycles. The molecule has 0 bridgehead atoms. The molecule has 1 saturated heterocycles. The molecule has 6 atom stereocenters. The van der Waals surface area contributed by atoms with Crippen molar-refractivity contribution < 1.29 is 41.8 Å². The number of fused-ring (bicyclic) bond motifs is 1. The molecule has 2 saturated carbocycles. The first kappa shape index (κ1) is 37.8. The van der Waals surface area contributed by atoms with E-state index in [1.165, 1.54) is 18.1 Å². The van der Waals surface area contributed by atoms with Gasteiger partial charge >= 0.3 is 6.03 Å². The number of rotatable bonds is 15. The molecule has 3 fully saturated rings. The second-order valence-corrected chi connectivity index (χ2v) is 16.1. The van der Waals surface area contributed by atoms with Gasteiger partial charge in [0.25, 0.3) is 5.91 Å². The van der Waals surface area contributed by atoms with Crippen LogP contribution < -0.4 is 30.1 Å². The number of likely N-dealkylation sites (tertiary alicyclic amines) is 1. The number of hydrogen-bond donors (Lipinski definition) is 4. The first-order valence-corrected chi connectivity index (χ1v) is 18.6. The first-order valence-electron chi connectivity index (χ1n) is 17.1. The molecule has 2 aliphatic carbocycles. The number of nitrogens with zero attached hydrogens (tertiary/aromatic N) is 2. The van der Waals surface area contributed by atoms with E-state index in [0.717, 1.165) is 5.39 Å². The van der Waals surface area contributed by atoms with Gasteiger partial charge in [-0.05, 0) is 76.1 Å². The molecule has 278 valence electrons. The molecular weight excluding hydrogens is 680 g/mol. The number of pyridine rings is 1. The van der Waals surface area contributed by atoms with Gasteiger partial charge in [0.2, 0.25) is 27.7 Å². The quantitative estimate of drug-likeness (QED) is 0.198. The molecule has 5 rings (SSSR count). The van der Waals surface area contributed by atoms with Crippen LogP contribution in [0, 0.1) is 5.92 Å². The lowest BCUT2D eigenvalue weighted by molar-refractivity contribution is -0.143. The van der Waals surface area contributed by atoms with Crippen molar-refractivity contribution in [2.45, 2.75) is 100 Å². The Hall–Kier alpha value is -4.44. The van der Waals surface area contributed by atoms with Crippen molar-refractivity contribution in [3.8, 4) is 11.6 Å². The largest absolute Gasteiger partial charge is 0.497 e. The van der Waals surface area contributed by atoms with E-state index in [9.17, 15) is 27.6 Å². The van der Waals surface area contributed by atoms with Crippen molar-refractivity contribution in [2.75, 3.05) is 20.8 Å². The molecule has 5 amide bonds. The minimum Gasteiger partial charge on any atom is -0.497 e. The summed E-state index contributed by atoms with van der Waals surface area (Å²) >= 11 is 0. The molecule has 1 aromatic carbocycles. The summed E-state index contributed by atoms with van der Waals surface area (Å²) in [5.41, 5.74) is -2.12. The Bertz CT molecular complexity index is 1800. The summed E-state index contributed by atoms with van der Waals surface area (Å²) in [6, 6.07) is 4.24. The van der Waals surface area contributed by atoms with E-state index < -0.39 is 80.3 Å². The fraction of sp³-hybridized carbons (Fsp3) is 0.571. The molecule has 0 radical (unpaired) electrons. The van der Waals surface area contributed by atoms with Crippen LogP contribution in [0.4, 0.5) is 4.79 Å². The summed E-state index contributed by atoms with van der Waals surface area (Å²) in [4.78, 5) is 60.8. The van der Waals surface area contributed by atoms with Crippen LogP contribution in [0.5, 0.6) is 11.6 Å². The summed E-state index contributed by atoms with van der Waals surface area (Å²) in [7, 11) is -0.932. The fourth-order valence-electron chi connectivity index (χ4n) is 6.17. The monoisotopic (exact) mass is 728 g/mol. The maximum Gasteiger partial charge on any atom is 0.315 e. The van der Waals surface area contributed by atoms with Crippen LogP contribution in [0.2, 0.25) is 0 Å². The van der Waals surface area contributed by atoms with Crippen molar-refractivity contribution in [3.05, 3.63) is 43.1 Å². The highest BCUT2D eigenvalue weighted by Gasteiger charge is 2.62. The summed E-state index contributed by atoms with van der Waals surface area (Å²) in [6.45, 7) is 10.9. The van der Waals surface area contributed by atoms with Crippen molar-refractivity contribution in [3.63, 3.8) is 0 Å². The predicted molar refractivity (Wildman–Crippen MR) is 188 cm³/mol. The number of methoxy groups -OCH3 is 2. The number of benzene rings is 1. The number of aromatic nitrogens is 1. The Labute approximate surface area is 298 Å². The van der Waals surface area contributed by atoms with Crippen LogP contribution in [0.25, 0.3) is 10.8 Å². The van der Waals surface area contributed by atoms with Gasteiger partial charge in [-0.2, -0.15) is 0 Å². The molecular formula is C35H48N6O9S. The van der Waals surface area contributed by atoms with Gasteiger partial charge < -0.3 is 35.1 Å². The average molecular weight is 729 g/mol. The maximum absolute atomic E-state index is 14.4. The lowest BCUT2D eigenvalue weighted by Crippen LogP contribution is -2.61. The second kappa shape index (κ2) is 14.7. The van der Waals surface area contributed by atoms with Crippen molar-refractivity contribution in [1.82, 2.24) is 30.6 Å². The van der Waals surface area contributed by atoms with Crippen LogP contribution in [-0.2, 0) is 29.1 Å². The van der Waals surface area contributed by atoms with Gasteiger partial charge in [-0.1, -0.05) is 13.0 Å². The van der Waals surface area contributed by atoms with E-state index in [4.69, 9.17) is 14.2 Å². The highest BCUT2D eigenvalue weighted by molar-refractivity contribution is 7.91. The summed E-state index contributed by atoms with van der Waals surface area (Å²) in [6.07, 6.45) is 3.22. The van der Waals surface area contributed by atoms with Gasteiger partial charge in [-0.25, -0.2) is 18.2 Å². The highest BCUT2D eigenvalue weighted by atomic mass is 32.2. The van der Waals surface area contributed by atoms with E-state index in [1.807, 2.05) is 26.8 Å². The van der Waals surface area contributed by atoms with E-state index in [0.29, 0.717) is 30.4 Å². The third-order valence-corrected chi connectivity index (χ3v) is 11.9. The SMILES string of the molecule is C=CC1CC1(NC(=O)C1CC(Oc2nccc3cc(OC)ccc23)CN1C(=O)C(NC(=O)NC(C)(C)CC)C(C)OC)C(=O)NS(=O)(=O)C1CC1. The molecule has 6 unspecified atom stereocenters. The number of amides is 5.